The lowest BCUT2D eigenvalue weighted by Crippen LogP contribution is -2.41. The fourth-order valence-corrected chi connectivity index (χ4v) is 3.54. The molecule has 8 nitrogen and oxygen atoms in total. The summed E-state index contributed by atoms with van der Waals surface area (Å²) >= 11 is 0. The molecule has 3 amide bonds. The number of aryl methyl sites for hydroxylation is 1. The van der Waals surface area contributed by atoms with E-state index < -0.39 is 11.8 Å². The van der Waals surface area contributed by atoms with Crippen molar-refractivity contribution in [1.29, 1.82) is 0 Å². The fourth-order valence-electron chi connectivity index (χ4n) is 3.54. The summed E-state index contributed by atoms with van der Waals surface area (Å²) in [6, 6.07) is 10.2. The summed E-state index contributed by atoms with van der Waals surface area (Å²) in [5.74, 6) is -0.0970. The summed E-state index contributed by atoms with van der Waals surface area (Å²) in [5.41, 5.74) is 0.820. The van der Waals surface area contributed by atoms with Gasteiger partial charge >= 0.3 is 11.8 Å². The van der Waals surface area contributed by atoms with Gasteiger partial charge in [-0.3, -0.25) is 19.3 Å². The van der Waals surface area contributed by atoms with Gasteiger partial charge in [-0.2, -0.15) is 0 Å². The van der Waals surface area contributed by atoms with Gasteiger partial charge in [-0.25, -0.2) is 0 Å². The van der Waals surface area contributed by atoms with E-state index in [0.29, 0.717) is 11.3 Å². The third-order valence-electron chi connectivity index (χ3n) is 5.11. The van der Waals surface area contributed by atoms with Gasteiger partial charge in [0.2, 0.25) is 0 Å². The van der Waals surface area contributed by atoms with Crippen LogP contribution in [0.4, 0.5) is 5.69 Å². The number of benzene rings is 1. The largest absolute Gasteiger partial charge is 0.465 e. The SMILES string of the molecule is Cc1ccc(C(CNC(=O)C(=O)Nc2cccc(C(=O)N(C)C)c2)N2CCCC2)o1. The average Bonchev–Trinajstić information content (AvgIpc) is 3.40. The molecule has 0 aliphatic carbocycles. The van der Waals surface area contributed by atoms with Gasteiger partial charge < -0.3 is 20.0 Å². The molecule has 1 aromatic heterocycles. The van der Waals surface area contributed by atoms with Gasteiger partial charge in [0.15, 0.2) is 0 Å². The third kappa shape index (κ3) is 5.27. The molecule has 3 rings (SSSR count). The van der Waals surface area contributed by atoms with Crippen LogP contribution in [0.3, 0.4) is 0 Å². The highest BCUT2D eigenvalue weighted by Crippen LogP contribution is 2.26. The van der Waals surface area contributed by atoms with Gasteiger partial charge in [0.1, 0.15) is 11.5 Å². The number of amides is 3. The first-order chi connectivity index (χ1) is 14.3. The van der Waals surface area contributed by atoms with Gasteiger partial charge in [0, 0.05) is 31.9 Å². The Balaban J connectivity index is 1.61. The minimum absolute atomic E-state index is 0.112. The lowest BCUT2D eigenvalue weighted by molar-refractivity contribution is -0.136. The first kappa shape index (κ1) is 21.6. The van der Waals surface area contributed by atoms with Crippen molar-refractivity contribution in [3.8, 4) is 0 Å². The van der Waals surface area contributed by atoms with Crippen molar-refractivity contribution in [2.75, 3.05) is 39.0 Å². The minimum Gasteiger partial charge on any atom is -0.465 e. The molecule has 0 radical (unpaired) electrons. The van der Waals surface area contributed by atoms with Crippen molar-refractivity contribution >= 4 is 23.4 Å². The molecule has 2 aromatic rings. The van der Waals surface area contributed by atoms with E-state index in [1.807, 2.05) is 19.1 Å². The Labute approximate surface area is 176 Å². The summed E-state index contributed by atoms with van der Waals surface area (Å²) in [7, 11) is 3.30. The molecule has 0 saturated carbocycles. The van der Waals surface area contributed by atoms with Gasteiger partial charge in [-0.05, 0) is 63.2 Å². The molecular weight excluding hydrogens is 384 g/mol. The monoisotopic (exact) mass is 412 g/mol. The summed E-state index contributed by atoms with van der Waals surface area (Å²) < 4.78 is 5.77. The van der Waals surface area contributed by atoms with Gasteiger partial charge in [-0.1, -0.05) is 6.07 Å². The second-order valence-corrected chi connectivity index (χ2v) is 7.65. The molecule has 1 fully saturated rings. The van der Waals surface area contributed by atoms with Crippen LogP contribution in [-0.2, 0) is 9.59 Å². The van der Waals surface area contributed by atoms with E-state index in [-0.39, 0.29) is 18.5 Å². The maximum Gasteiger partial charge on any atom is 0.313 e. The Hall–Kier alpha value is -3.13. The van der Waals surface area contributed by atoms with E-state index in [9.17, 15) is 14.4 Å². The van der Waals surface area contributed by atoms with E-state index in [2.05, 4.69) is 15.5 Å². The quantitative estimate of drug-likeness (QED) is 0.709. The van der Waals surface area contributed by atoms with Gasteiger partial charge in [0.25, 0.3) is 5.91 Å². The molecule has 160 valence electrons. The zero-order valence-corrected chi connectivity index (χ0v) is 17.6. The lowest BCUT2D eigenvalue weighted by atomic mass is 10.1. The standard InChI is InChI=1S/C22H28N4O4/c1-15-9-10-19(30-15)18(26-11-4-5-12-26)14-23-20(27)21(28)24-17-8-6-7-16(13-17)22(29)25(2)3/h6-10,13,18H,4-5,11-12,14H2,1-3H3,(H,23,27)(H,24,28). The Morgan fingerprint density at radius 2 is 1.83 bits per heavy atom. The molecule has 1 aliphatic rings. The summed E-state index contributed by atoms with van der Waals surface area (Å²) in [6.45, 7) is 4.02. The smallest absolute Gasteiger partial charge is 0.313 e. The molecule has 1 unspecified atom stereocenters. The number of carbonyl (C=O) groups is 3. The Kier molecular flexibility index (Phi) is 6.89. The number of furan rings is 1. The fraction of sp³-hybridized carbons (Fsp3) is 0.409. The number of nitrogens with one attached hydrogen (secondary N) is 2. The first-order valence-electron chi connectivity index (χ1n) is 10.1. The highest BCUT2D eigenvalue weighted by molar-refractivity contribution is 6.39. The highest BCUT2D eigenvalue weighted by Gasteiger charge is 2.27. The van der Waals surface area contributed by atoms with E-state index >= 15 is 0 Å². The van der Waals surface area contributed by atoms with Crippen LogP contribution in [0.25, 0.3) is 0 Å². The van der Waals surface area contributed by atoms with Crippen LogP contribution >= 0.6 is 0 Å². The second-order valence-electron chi connectivity index (χ2n) is 7.65. The number of hydrogen-bond donors (Lipinski definition) is 2. The summed E-state index contributed by atoms with van der Waals surface area (Å²) in [5, 5.41) is 5.27. The van der Waals surface area contributed by atoms with E-state index in [1.54, 1.807) is 38.4 Å². The number of hydrogen-bond acceptors (Lipinski definition) is 5. The molecule has 1 saturated heterocycles. The second kappa shape index (κ2) is 9.58. The van der Waals surface area contributed by atoms with Crippen LogP contribution in [0.5, 0.6) is 0 Å². The van der Waals surface area contributed by atoms with Crippen LogP contribution in [0.1, 0.15) is 40.8 Å². The van der Waals surface area contributed by atoms with Crippen molar-refractivity contribution in [3.63, 3.8) is 0 Å². The number of rotatable bonds is 6. The Bertz CT molecular complexity index is 915. The zero-order chi connectivity index (χ0) is 21.7. The molecule has 2 heterocycles. The third-order valence-corrected chi connectivity index (χ3v) is 5.11. The van der Waals surface area contributed by atoms with Crippen LogP contribution in [0, 0.1) is 6.92 Å². The maximum absolute atomic E-state index is 12.4. The number of nitrogens with zero attached hydrogens (tertiary/aromatic N) is 2. The van der Waals surface area contributed by atoms with Crippen molar-refractivity contribution in [2.45, 2.75) is 25.8 Å². The van der Waals surface area contributed by atoms with Crippen molar-refractivity contribution in [3.05, 3.63) is 53.5 Å². The lowest BCUT2D eigenvalue weighted by Gasteiger charge is -2.25. The van der Waals surface area contributed by atoms with E-state index in [1.165, 1.54) is 4.90 Å². The molecule has 8 heteroatoms. The van der Waals surface area contributed by atoms with Crippen LogP contribution in [0.2, 0.25) is 0 Å². The Morgan fingerprint density at radius 1 is 1.10 bits per heavy atom. The van der Waals surface area contributed by atoms with Crippen molar-refractivity contribution in [2.24, 2.45) is 0 Å². The van der Waals surface area contributed by atoms with Gasteiger partial charge in [0.05, 0.1) is 6.04 Å². The first-order valence-corrected chi connectivity index (χ1v) is 10.1. The van der Waals surface area contributed by atoms with Crippen molar-refractivity contribution in [1.82, 2.24) is 15.1 Å². The summed E-state index contributed by atoms with van der Waals surface area (Å²) in [6.07, 6.45) is 2.21. The molecule has 1 aromatic carbocycles. The van der Waals surface area contributed by atoms with Gasteiger partial charge in [-0.15, -0.1) is 0 Å². The molecule has 30 heavy (non-hydrogen) atoms. The predicted octanol–water partition coefficient (Wildman–Crippen LogP) is 2.18. The highest BCUT2D eigenvalue weighted by atomic mass is 16.3. The molecular formula is C22H28N4O4. The van der Waals surface area contributed by atoms with Crippen LogP contribution < -0.4 is 10.6 Å². The zero-order valence-electron chi connectivity index (χ0n) is 17.6. The number of likely N-dealkylation sites (tertiary alicyclic amines) is 1. The molecule has 0 spiro atoms. The summed E-state index contributed by atoms with van der Waals surface area (Å²) in [4.78, 5) is 40.5. The minimum atomic E-state index is -0.778. The molecule has 1 aliphatic heterocycles. The Morgan fingerprint density at radius 3 is 2.47 bits per heavy atom. The number of carbonyl (C=O) groups excluding carboxylic acids is 3. The topological polar surface area (TPSA) is 94.9 Å². The predicted molar refractivity (Wildman–Crippen MR) is 113 cm³/mol. The average molecular weight is 412 g/mol. The van der Waals surface area contributed by atoms with Crippen LogP contribution in [0.15, 0.2) is 40.8 Å². The van der Waals surface area contributed by atoms with Crippen LogP contribution in [-0.4, -0.2) is 61.3 Å². The normalized spacial score (nSPS) is 14.9. The number of anilines is 1. The van der Waals surface area contributed by atoms with E-state index in [0.717, 1.165) is 37.5 Å². The molecule has 2 N–H and O–H groups in total. The molecule has 0 bridgehead atoms. The van der Waals surface area contributed by atoms with E-state index in [4.69, 9.17) is 4.42 Å². The molecule has 1 atom stereocenters. The maximum atomic E-state index is 12.4. The van der Waals surface area contributed by atoms with Crippen molar-refractivity contribution < 1.29 is 18.8 Å².